The molecule has 4 heteroatoms. The van der Waals surface area contributed by atoms with Crippen LogP contribution in [0.2, 0.25) is 0 Å². The normalized spacial score (nSPS) is 11.5. The van der Waals surface area contributed by atoms with Crippen molar-refractivity contribution in [2.45, 2.75) is 39.7 Å². The molecule has 0 aliphatic carbocycles. The Hall–Kier alpha value is -1.32. The number of hydrogen-bond donors (Lipinski definition) is 1. The largest absolute Gasteiger partial charge is 0.383 e. The minimum absolute atomic E-state index is 0.0750. The summed E-state index contributed by atoms with van der Waals surface area (Å²) in [5.41, 5.74) is 6.79. The third-order valence-corrected chi connectivity index (χ3v) is 3.19. The second-order valence-electron chi connectivity index (χ2n) is 4.43. The summed E-state index contributed by atoms with van der Waals surface area (Å²) in [5, 5.41) is 0. The van der Waals surface area contributed by atoms with Gasteiger partial charge in [0.1, 0.15) is 18.0 Å². The van der Waals surface area contributed by atoms with E-state index in [1.54, 1.807) is 0 Å². The molecule has 4 nitrogen and oxygen atoms in total. The predicted molar refractivity (Wildman–Crippen MR) is 64.0 cm³/mol. The van der Waals surface area contributed by atoms with E-state index in [-0.39, 0.29) is 5.54 Å². The maximum atomic E-state index is 5.77. The first-order valence-electron chi connectivity index (χ1n) is 5.21. The van der Waals surface area contributed by atoms with Gasteiger partial charge in [-0.1, -0.05) is 6.92 Å². The van der Waals surface area contributed by atoms with E-state index in [1.165, 1.54) is 6.33 Å². The van der Waals surface area contributed by atoms with Crippen molar-refractivity contribution in [1.29, 1.82) is 0 Å². The van der Waals surface area contributed by atoms with Crippen molar-refractivity contribution >= 4 is 11.6 Å². The van der Waals surface area contributed by atoms with Crippen molar-refractivity contribution < 1.29 is 0 Å². The number of nitrogens with zero attached hydrogens (tertiary/aromatic N) is 3. The van der Waals surface area contributed by atoms with E-state index < -0.39 is 0 Å². The molecule has 0 spiro atoms. The number of rotatable bonds is 3. The van der Waals surface area contributed by atoms with Gasteiger partial charge in [0.15, 0.2) is 0 Å². The van der Waals surface area contributed by atoms with Gasteiger partial charge in [0.25, 0.3) is 0 Å². The number of aromatic nitrogens is 2. The highest BCUT2D eigenvalue weighted by atomic mass is 15.2. The molecule has 1 heterocycles. The highest BCUT2D eigenvalue weighted by molar-refractivity contribution is 5.56. The minimum atomic E-state index is 0.0750. The Labute approximate surface area is 91.5 Å². The van der Waals surface area contributed by atoms with Crippen molar-refractivity contribution in [1.82, 2.24) is 9.97 Å². The quantitative estimate of drug-likeness (QED) is 0.825. The van der Waals surface area contributed by atoms with Crippen molar-refractivity contribution in [3.63, 3.8) is 0 Å². The summed E-state index contributed by atoms with van der Waals surface area (Å²) in [5.74, 6) is 1.47. The average molecular weight is 208 g/mol. The van der Waals surface area contributed by atoms with E-state index in [9.17, 15) is 0 Å². The lowest BCUT2D eigenvalue weighted by atomic mass is 9.99. The smallest absolute Gasteiger partial charge is 0.137 e. The Bertz CT molecular complexity index is 346. The topological polar surface area (TPSA) is 55.0 Å². The zero-order valence-corrected chi connectivity index (χ0v) is 10.2. The fourth-order valence-corrected chi connectivity index (χ4v) is 1.32. The summed E-state index contributed by atoms with van der Waals surface area (Å²) in [6, 6.07) is 0. The molecule has 0 aromatic carbocycles. The Morgan fingerprint density at radius 2 is 2.00 bits per heavy atom. The molecule has 2 N–H and O–H groups in total. The van der Waals surface area contributed by atoms with Gasteiger partial charge in [0.05, 0.1) is 0 Å². The van der Waals surface area contributed by atoms with Gasteiger partial charge in [-0.15, -0.1) is 0 Å². The first kappa shape index (κ1) is 11.8. The molecule has 84 valence electrons. The molecule has 0 bridgehead atoms. The lowest BCUT2D eigenvalue weighted by Crippen LogP contribution is -2.41. The van der Waals surface area contributed by atoms with E-state index in [2.05, 4.69) is 35.6 Å². The van der Waals surface area contributed by atoms with Crippen molar-refractivity contribution in [3.8, 4) is 0 Å². The Morgan fingerprint density at radius 1 is 1.40 bits per heavy atom. The van der Waals surface area contributed by atoms with Gasteiger partial charge in [-0.3, -0.25) is 0 Å². The number of nitrogen functional groups attached to an aromatic ring is 1. The summed E-state index contributed by atoms with van der Waals surface area (Å²) in [7, 11) is 2.04. The molecule has 1 aromatic rings. The third-order valence-electron chi connectivity index (χ3n) is 3.19. The lowest BCUT2D eigenvalue weighted by Gasteiger charge is -2.36. The van der Waals surface area contributed by atoms with Crippen LogP contribution in [0, 0.1) is 6.92 Å². The molecule has 1 rings (SSSR count). The van der Waals surface area contributed by atoms with E-state index in [1.807, 2.05) is 14.0 Å². The van der Waals surface area contributed by atoms with Crippen molar-refractivity contribution in [3.05, 3.63) is 11.9 Å². The van der Waals surface area contributed by atoms with Crippen molar-refractivity contribution in [2.24, 2.45) is 0 Å². The van der Waals surface area contributed by atoms with Gasteiger partial charge in [-0.05, 0) is 27.2 Å². The number of nitrogens with two attached hydrogens (primary N) is 1. The first-order chi connectivity index (χ1) is 6.90. The Morgan fingerprint density at radius 3 is 2.53 bits per heavy atom. The van der Waals surface area contributed by atoms with E-state index in [0.717, 1.165) is 17.8 Å². The van der Waals surface area contributed by atoms with Crippen LogP contribution in [0.5, 0.6) is 0 Å². The zero-order valence-electron chi connectivity index (χ0n) is 10.2. The molecule has 0 aliphatic rings. The summed E-state index contributed by atoms with van der Waals surface area (Å²) < 4.78 is 0. The van der Waals surface area contributed by atoms with Gasteiger partial charge in [-0.2, -0.15) is 0 Å². The minimum Gasteiger partial charge on any atom is -0.383 e. The first-order valence-corrected chi connectivity index (χ1v) is 5.21. The van der Waals surface area contributed by atoms with Gasteiger partial charge in [0.2, 0.25) is 0 Å². The van der Waals surface area contributed by atoms with Crippen LogP contribution < -0.4 is 10.6 Å². The Kier molecular flexibility index (Phi) is 3.17. The Balaban J connectivity index is 3.12. The number of anilines is 2. The second kappa shape index (κ2) is 4.04. The molecule has 15 heavy (non-hydrogen) atoms. The average Bonchev–Trinajstić information content (AvgIpc) is 2.21. The molecule has 0 fully saturated rings. The van der Waals surface area contributed by atoms with E-state index in [4.69, 9.17) is 5.73 Å². The second-order valence-corrected chi connectivity index (χ2v) is 4.43. The highest BCUT2D eigenvalue weighted by Crippen LogP contribution is 2.26. The summed E-state index contributed by atoms with van der Waals surface area (Å²) in [6.45, 7) is 8.48. The fourth-order valence-electron chi connectivity index (χ4n) is 1.32. The molecule has 1 aromatic heterocycles. The van der Waals surface area contributed by atoms with Crippen LogP contribution >= 0.6 is 0 Å². The molecular formula is C11H20N4. The molecule has 0 amide bonds. The summed E-state index contributed by atoms with van der Waals surface area (Å²) in [4.78, 5) is 10.4. The highest BCUT2D eigenvalue weighted by Gasteiger charge is 2.24. The van der Waals surface area contributed by atoms with Crippen LogP contribution in [-0.4, -0.2) is 22.6 Å². The third kappa shape index (κ3) is 2.19. The molecule has 0 radical (unpaired) electrons. The van der Waals surface area contributed by atoms with E-state index in [0.29, 0.717) is 5.82 Å². The molecule has 0 saturated heterocycles. The monoisotopic (exact) mass is 208 g/mol. The van der Waals surface area contributed by atoms with Crippen LogP contribution in [0.15, 0.2) is 6.33 Å². The van der Waals surface area contributed by atoms with Gasteiger partial charge in [-0.25, -0.2) is 9.97 Å². The SMILES string of the molecule is CCC(C)(C)N(C)c1ncnc(N)c1C. The maximum Gasteiger partial charge on any atom is 0.137 e. The fraction of sp³-hybridized carbons (Fsp3) is 0.636. The maximum absolute atomic E-state index is 5.77. The molecule has 0 aliphatic heterocycles. The molecule has 0 unspecified atom stereocenters. The number of hydrogen-bond acceptors (Lipinski definition) is 4. The van der Waals surface area contributed by atoms with Gasteiger partial charge >= 0.3 is 0 Å². The van der Waals surface area contributed by atoms with Gasteiger partial charge in [0, 0.05) is 18.2 Å². The van der Waals surface area contributed by atoms with Crippen LogP contribution in [0.4, 0.5) is 11.6 Å². The van der Waals surface area contributed by atoms with E-state index >= 15 is 0 Å². The summed E-state index contributed by atoms with van der Waals surface area (Å²) in [6.07, 6.45) is 2.56. The van der Waals surface area contributed by atoms with Crippen LogP contribution in [0.3, 0.4) is 0 Å². The van der Waals surface area contributed by atoms with Crippen LogP contribution in [0.1, 0.15) is 32.8 Å². The van der Waals surface area contributed by atoms with Crippen LogP contribution in [0.25, 0.3) is 0 Å². The molecule has 0 saturated carbocycles. The van der Waals surface area contributed by atoms with Crippen molar-refractivity contribution in [2.75, 3.05) is 17.7 Å². The standard InChI is InChI=1S/C11H20N4/c1-6-11(3,4)15(5)10-8(2)9(12)13-7-14-10/h7H,6H2,1-5H3,(H2,12,13,14). The predicted octanol–water partition coefficient (Wildman–Crippen LogP) is 1.99. The molecule has 0 atom stereocenters. The zero-order chi connectivity index (χ0) is 11.6. The summed E-state index contributed by atoms with van der Waals surface area (Å²) >= 11 is 0. The van der Waals surface area contributed by atoms with Crippen LogP contribution in [-0.2, 0) is 0 Å². The molecular weight excluding hydrogens is 188 g/mol. The lowest BCUT2D eigenvalue weighted by molar-refractivity contribution is 0.466. The van der Waals surface area contributed by atoms with Gasteiger partial charge < -0.3 is 10.6 Å².